The van der Waals surface area contributed by atoms with Crippen LogP contribution in [0.5, 0.6) is 0 Å². The number of ketones is 1. The highest BCUT2D eigenvalue weighted by atomic mass is 35.5. The van der Waals surface area contributed by atoms with E-state index in [4.69, 9.17) is 16.7 Å². The number of unbranched alkanes of at least 4 members (excludes halogenated alkanes) is 1. The standard InChI is InChI=1S/C23H32ClNO5/c1-15(2)11-17(4)12-16(3)8-9-20(26)25-19-14-23(30,13-18(24)22(19)29)10-6-5-7-21(27)28/h8-9,11,13-14,16-17,30H,5-7,10,12H2,1-4H3,(H,25,26)(H,27,28). The van der Waals surface area contributed by atoms with Crippen LogP contribution in [-0.4, -0.2) is 33.5 Å². The fourth-order valence-corrected chi connectivity index (χ4v) is 3.71. The van der Waals surface area contributed by atoms with Gasteiger partial charge >= 0.3 is 5.97 Å². The molecule has 0 saturated carbocycles. The molecule has 1 rings (SSSR count). The van der Waals surface area contributed by atoms with Crippen LogP contribution in [0.15, 0.2) is 46.7 Å². The molecule has 0 fully saturated rings. The number of halogens is 1. The molecule has 0 aliphatic heterocycles. The van der Waals surface area contributed by atoms with Gasteiger partial charge in [0.1, 0.15) is 5.60 Å². The van der Waals surface area contributed by atoms with Crippen LogP contribution < -0.4 is 5.32 Å². The average Bonchev–Trinajstić information content (AvgIpc) is 2.60. The maximum absolute atomic E-state index is 12.3. The summed E-state index contributed by atoms with van der Waals surface area (Å²) in [6, 6.07) is 0. The van der Waals surface area contributed by atoms with Gasteiger partial charge < -0.3 is 15.5 Å². The molecule has 0 aromatic carbocycles. The zero-order valence-electron chi connectivity index (χ0n) is 18.1. The molecule has 3 unspecified atom stereocenters. The Balaban J connectivity index is 2.73. The molecule has 30 heavy (non-hydrogen) atoms. The maximum Gasteiger partial charge on any atom is 0.303 e. The van der Waals surface area contributed by atoms with Gasteiger partial charge in [-0.15, -0.1) is 0 Å². The van der Waals surface area contributed by atoms with Gasteiger partial charge in [0.2, 0.25) is 11.7 Å². The topological polar surface area (TPSA) is 104 Å². The monoisotopic (exact) mass is 437 g/mol. The first-order valence-corrected chi connectivity index (χ1v) is 10.5. The number of aliphatic carboxylic acids is 1. The molecule has 0 bridgehead atoms. The van der Waals surface area contributed by atoms with Gasteiger partial charge in [-0.05, 0) is 69.6 Å². The Morgan fingerprint density at radius 3 is 2.47 bits per heavy atom. The molecule has 0 radical (unpaired) electrons. The first-order chi connectivity index (χ1) is 13.9. The first-order valence-electron chi connectivity index (χ1n) is 10.2. The first kappa shape index (κ1) is 25.9. The predicted octanol–water partition coefficient (Wildman–Crippen LogP) is 4.25. The van der Waals surface area contributed by atoms with Crippen molar-refractivity contribution in [1.29, 1.82) is 0 Å². The van der Waals surface area contributed by atoms with Crippen LogP contribution in [0, 0.1) is 11.8 Å². The van der Waals surface area contributed by atoms with Crippen LogP contribution in [0.3, 0.4) is 0 Å². The van der Waals surface area contributed by atoms with E-state index >= 15 is 0 Å². The maximum atomic E-state index is 12.3. The van der Waals surface area contributed by atoms with Crippen LogP contribution >= 0.6 is 11.6 Å². The SMILES string of the molecule is CC(C)=CC(C)CC(C)C=CC(=O)NC1=CC(O)(CCCCC(=O)O)C=C(Cl)C1=O. The van der Waals surface area contributed by atoms with Crippen molar-refractivity contribution in [2.24, 2.45) is 11.8 Å². The number of amides is 1. The molecule has 0 aromatic rings. The number of carboxylic acid groups (broad SMARTS) is 1. The summed E-state index contributed by atoms with van der Waals surface area (Å²) in [6.45, 7) is 8.23. The zero-order valence-corrected chi connectivity index (χ0v) is 18.8. The summed E-state index contributed by atoms with van der Waals surface area (Å²) in [4.78, 5) is 35.1. The minimum absolute atomic E-state index is 0.00498. The second-order valence-corrected chi connectivity index (χ2v) is 8.66. The third kappa shape index (κ3) is 9.55. The molecule has 3 atom stereocenters. The summed E-state index contributed by atoms with van der Waals surface area (Å²) >= 11 is 5.96. The second-order valence-electron chi connectivity index (χ2n) is 8.25. The van der Waals surface area contributed by atoms with Gasteiger partial charge in [0, 0.05) is 6.42 Å². The second kappa shape index (κ2) is 11.9. The summed E-state index contributed by atoms with van der Waals surface area (Å²) in [5.41, 5.74) is -0.342. The number of Topliss-reactive ketones (excluding diaryl/α,β-unsaturated/α-hetero) is 1. The van der Waals surface area contributed by atoms with Crippen LogP contribution in [0.25, 0.3) is 0 Å². The normalized spacial score (nSPS) is 20.9. The van der Waals surface area contributed by atoms with Crippen LogP contribution in [0.2, 0.25) is 0 Å². The van der Waals surface area contributed by atoms with Crippen molar-refractivity contribution < 1.29 is 24.6 Å². The number of carbonyl (C=O) groups is 3. The average molecular weight is 438 g/mol. The van der Waals surface area contributed by atoms with Gasteiger partial charge in [-0.1, -0.05) is 43.2 Å². The summed E-state index contributed by atoms with van der Waals surface area (Å²) in [5, 5.41) is 21.7. The molecule has 3 N–H and O–H groups in total. The molecule has 6 nitrogen and oxygen atoms in total. The molecule has 1 aliphatic carbocycles. The lowest BCUT2D eigenvalue weighted by Crippen LogP contribution is -2.35. The summed E-state index contributed by atoms with van der Waals surface area (Å²) in [6.07, 6.45) is 9.75. The highest BCUT2D eigenvalue weighted by Gasteiger charge is 2.31. The molecular formula is C23H32ClNO5. The third-order valence-corrected chi connectivity index (χ3v) is 4.93. The fourth-order valence-electron chi connectivity index (χ4n) is 3.42. The summed E-state index contributed by atoms with van der Waals surface area (Å²) in [7, 11) is 0. The number of carboxylic acids is 1. The number of hydrogen-bond donors (Lipinski definition) is 3. The Labute approximate surface area is 183 Å². The molecule has 0 saturated heterocycles. The van der Waals surface area contributed by atoms with E-state index < -0.39 is 23.3 Å². The lowest BCUT2D eigenvalue weighted by atomic mass is 9.89. The van der Waals surface area contributed by atoms with Gasteiger partial charge in [0.05, 0.1) is 10.7 Å². The van der Waals surface area contributed by atoms with Crippen LogP contribution in [-0.2, 0) is 14.4 Å². The number of nitrogens with one attached hydrogen (secondary N) is 1. The molecule has 1 amide bonds. The highest BCUT2D eigenvalue weighted by molar-refractivity contribution is 6.45. The summed E-state index contributed by atoms with van der Waals surface area (Å²) < 4.78 is 0. The Hall–Kier alpha value is -2.18. The van der Waals surface area contributed by atoms with E-state index in [1.807, 2.05) is 20.8 Å². The van der Waals surface area contributed by atoms with Crippen molar-refractivity contribution in [1.82, 2.24) is 5.32 Å². The quantitative estimate of drug-likeness (QED) is 0.254. The van der Waals surface area contributed by atoms with E-state index in [9.17, 15) is 19.5 Å². The predicted molar refractivity (Wildman–Crippen MR) is 118 cm³/mol. The lowest BCUT2D eigenvalue weighted by Gasteiger charge is -2.26. The van der Waals surface area contributed by atoms with Crippen molar-refractivity contribution in [3.05, 3.63) is 46.7 Å². The van der Waals surface area contributed by atoms with Crippen molar-refractivity contribution in [2.75, 3.05) is 0 Å². The number of carbonyl (C=O) groups excluding carboxylic acids is 2. The Morgan fingerprint density at radius 2 is 1.87 bits per heavy atom. The molecule has 0 heterocycles. The minimum atomic E-state index is -1.51. The van der Waals surface area contributed by atoms with E-state index in [0.29, 0.717) is 18.8 Å². The highest BCUT2D eigenvalue weighted by Crippen LogP contribution is 2.28. The van der Waals surface area contributed by atoms with Crippen molar-refractivity contribution in [3.63, 3.8) is 0 Å². The smallest absolute Gasteiger partial charge is 0.303 e. The van der Waals surface area contributed by atoms with Gasteiger partial charge in [0.15, 0.2) is 0 Å². The molecule has 166 valence electrons. The van der Waals surface area contributed by atoms with Crippen LogP contribution in [0.4, 0.5) is 0 Å². The third-order valence-electron chi connectivity index (χ3n) is 4.65. The molecule has 0 aromatic heterocycles. The van der Waals surface area contributed by atoms with Gasteiger partial charge in [-0.3, -0.25) is 14.4 Å². The van der Waals surface area contributed by atoms with Crippen molar-refractivity contribution in [2.45, 2.75) is 65.4 Å². The van der Waals surface area contributed by atoms with Crippen molar-refractivity contribution >= 4 is 29.3 Å². The minimum Gasteiger partial charge on any atom is -0.481 e. The van der Waals surface area contributed by atoms with Gasteiger partial charge in [-0.2, -0.15) is 0 Å². The zero-order chi connectivity index (χ0) is 22.9. The molecular weight excluding hydrogens is 406 g/mol. The van der Waals surface area contributed by atoms with E-state index in [-0.39, 0.29) is 29.5 Å². The number of rotatable bonds is 11. The van der Waals surface area contributed by atoms with Gasteiger partial charge in [-0.25, -0.2) is 0 Å². The largest absolute Gasteiger partial charge is 0.481 e. The van der Waals surface area contributed by atoms with Crippen LogP contribution in [0.1, 0.15) is 59.8 Å². The fraction of sp³-hybridized carbons (Fsp3) is 0.522. The summed E-state index contributed by atoms with van der Waals surface area (Å²) in [5.74, 6) is -1.39. The molecule has 7 heteroatoms. The number of allylic oxidation sites excluding steroid dienone is 4. The van der Waals surface area contributed by atoms with Gasteiger partial charge in [0.25, 0.3) is 0 Å². The number of aliphatic hydroxyl groups is 1. The Bertz CT molecular complexity index is 776. The Kier molecular flexibility index (Phi) is 10.2. The van der Waals surface area contributed by atoms with E-state index in [1.165, 1.54) is 23.8 Å². The molecule has 0 spiro atoms. The van der Waals surface area contributed by atoms with E-state index in [0.717, 1.165) is 6.42 Å². The lowest BCUT2D eigenvalue weighted by molar-refractivity contribution is -0.137. The van der Waals surface area contributed by atoms with E-state index in [2.05, 4.69) is 18.3 Å². The van der Waals surface area contributed by atoms with E-state index in [1.54, 1.807) is 6.08 Å². The van der Waals surface area contributed by atoms with Crippen molar-refractivity contribution in [3.8, 4) is 0 Å². The number of hydrogen-bond acceptors (Lipinski definition) is 4. The Morgan fingerprint density at radius 1 is 1.20 bits per heavy atom. The molecule has 1 aliphatic rings.